The van der Waals surface area contributed by atoms with E-state index in [1.807, 2.05) is 0 Å². The van der Waals surface area contributed by atoms with Crippen LogP contribution in [0.25, 0.3) is 0 Å². The molecule has 0 bridgehead atoms. The van der Waals surface area contributed by atoms with Crippen molar-refractivity contribution in [3.63, 3.8) is 0 Å². The molecule has 2 saturated heterocycles. The fourth-order valence-corrected chi connectivity index (χ4v) is 2.90. The summed E-state index contributed by atoms with van der Waals surface area (Å²) < 4.78 is 0. The molecule has 0 spiro atoms. The Morgan fingerprint density at radius 3 is 2.92 bits per heavy atom. The van der Waals surface area contributed by atoms with Crippen LogP contribution < -0.4 is 0 Å². The average Bonchev–Trinajstić information content (AvgIpc) is 2.61. The Bertz CT molecular complexity index is 169. The predicted molar refractivity (Wildman–Crippen MR) is 55.9 cm³/mol. The molecule has 0 aliphatic carbocycles. The van der Waals surface area contributed by atoms with Crippen LogP contribution >= 0.6 is 0 Å². The summed E-state index contributed by atoms with van der Waals surface area (Å²) in [6.45, 7) is 7.64. The number of unbranched alkanes of at least 4 members (excludes halogenated alkanes) is 1. The highest BCUT2D eigenvalue weighted by Crippen LogP contribution is 2.30. The summed E-state index contributed by atoms with van der Waals surface area (Å²) in [6.07, 6.45) is 4.16. The van der Waals surface area contributed by atoms with Crippen LogP contribution in [0.15, 0.2) is 0 Å². The summed E-state index contributed by atoms with van der Waals surface area (Å²) in [4.78, 5) is 5.21. The molecule has 2 fully saturated rings. The first-order valence-electron chi connectivity index (χ1n) is 5.74. The van der Waals surface area contributed by atoms with Gasteiger partial charge >= 0.3 is 0 Å². The van der Waals surface area contributed by atoms with E-state index in [0.29, 0.717) is 0 Å². The molecular weight excluding hydrogens is 160 g/mol. The van der Waals surface area contributed by atoms with Crippen molar-refractivity contribution in [3.05, 3.63) is 0 Å². The second-order valence-corrected chi connectivity index (χ2v) is 4.73. The molecule has 0 aromatic heterocycles. The minimum atomic E-state index is 0.900. The van der Waals surface area contributed by atoms with E-state index >= 15 is 0 Å². The summed E-state index contributed by atoms with van der Waals surface area (Å²) in [6, 6.07) is 0.900. The Hall–Kier alpha value is -0.0800. The number of likely N-dealkylation sites (tertiary alicyclic amines) is 2. The maximum atomic E-state index is 2.72. The molecule has 2 rings (SSSR count). The SMILES string of the molecule is CCCCN1CCC2CN(C)CC21. The molecule has 0 aromatic rings. The van der Waals surface area contributed by atoms with Crippen LogP contribution in [0, 0.1) is 5.92 Å². The molecule has 2 heterocycles. The van der Waals surface area contributed by atoms with Crippen molar-refractivity contribution in [1.29, 1.82) is 0 Å². The highest BCUT2D eigenvalue weighted by molar-refractivity contribution is 4.94. The minimum Gasteiger partial charge on any atom is -0.304 e. The van der Waals surface area contributed by atoms with Gasteiger partial charge in [-0.15, -0.1) is 0 Å². The van der Waals surface area contributed by atoms with Crippen molar-refractivity contribution in [3.8, 4) is 0 Å². The van der Waals surface area contributed by atoms with Crippen LogP contribution in [0.4, 0.5) is 0 Å². The van der Waals surface area contributed by atoms with Crippen molar-refractivity contribution >= 4 is 0 Å². The zero-order valence-electron chi connectivity index (χ0n) is 9.00. The predicted octanol–water partition coefficient (Wildman–Crippen LogP) is 1.42. The fourth-order valence-electron chi connectivity index (χ4n) is 2.90. The van der Waals surface area contributed by atoms with E-state index in [9.17, 15) is 0 Å². The quantitative estimate of drug-likeness (QED) is 0.651. The smallest absolute Gasteiger partial charge is 0.0263 e. The third-order valence-corrected chi connectivity index (χ3v) is 3.64. The first-order valence-corrected chi connectivity index (χ1v) is 5.74. The zero-order chi connectivity index (χ0) is 9.26. The van der Waals surface area contributed by atoms with E-state index in [2.05, 4.69) is 23.8 Å². The van der Waals surface area contributed by atoms with Crippen molar-refractivity contribution in [2.24, 2.45) is 5.92 Å². The number of fused-ring (bicyclic) bond motifs is 1. The van der Waals surface area contributed by atoms with Crippen molar-refractivity contribution < 1.29 is 0 Å². The van der Waals surface area contributed by atoms with E-state index in [-0.39, 0.29) is 0 Å². The van der Waals surface area contributed by atoms with Crippen LogP contribution in [0.3, 0.4) is 0 Å². The maximum absolute atomic E-state index is 2.72. The molecule has 13 heavy (non-hydrogen) atoms. The molecule has 0 aromatic carbocycles. The molecule has 0 radical (unpaired) electrons. The van der Waals surface area contributed by atoms with E-state index in [1.165, 1.54) is 45.4 Å². The lowest BCUT2D eigenvalue weighted by Crippen LogP contribution is -2.35. The monoisotopic (exact) mass is 182 g/mol. The third kappa shape index (κ3) is 1.89. The lowest BCUT2D eigenvalue weighted by atomic mass is 10.1. The van der Waals surface area contributed by atoms with Gasteiger partial charge in [-0.05, 0) is 38.9 Å². The Morgan fingerprint density at radius 1 is 1.31 bits per heavy atom. The largest absolute Gasteiger partial charge is 0.304 e. The van der Waals surface area contributed by atoms with E-state index in [4.69, 9.17) is 0 Å². The zero-order valence-corrected chi connectivity index (χ0v) is 9.00. The lowest BCUT2D eigenvalue weighted by molar-refractivity contribution is 0.232. The highest BCUT2D eigenvalue weighted by Gasteiger charge is 2.39. The van der Waals surface area contributed by atoms with Crippen LogP contribution in [0.5, 0.6) is 0 Å². The molecule has 2 nitrogen and oxygen atoms in total. The number of hydrogen-bond donors (Lipinski definition) is 0. The molecule has 76 valence electrons. The third-order valence-electron chi connectivity index (χ3n) is 3.64. The summed E-state index contributed by atoms with van der Waals surface area (Å²) >= 11 is 0. The lowest BCUT2D eigenvalue weighted by Gasteiger charge is -2.23. The van der Waals surface area contributed by atoms with Gasteiger partial charge in [-0.1, -0.05) is 13.3 Å². The number of rotatable bonds is 3. The first-order chi connectivity index (χ1) is 6.31. The minimum absolute atomic E-state index is 0.900. The Kier molecular flexibility index (Phi) is 2.89. The van der Waals surface area contributed by atoms with E-state index in [1.54, 1.807) is 0 Å². The number of nitrogens with zero attached hydrogens (tertiary/aromatic N) is 2. The topological polar surface area (TPSA) is 6.48 Å². The molecule has 2 heteroatoms. The summed E-state index contributed by atoms with van der Waals surface area (Å²) in [5.41, 5.74) is 0. The van der Waals surface area contributed by atoms with Gasteiger partial charge in [-0.25, -0.2) is 0 Å². The summed E-state index contributed by atoms with van der Waals surface area (Å²) in [5.74, 6) is 0.988. The second-order valence-electron chi connectivity index (χ2n) is 4.73. The van der Waals surface area contributed by atoms with Crippen LogP contribution in [0.2, 0.25) is 0 Å². The van der Waals surface area contributed by atoms with Gasteiger partial charge in [-0.2, -0.15) is 0 Å². The maximum Gasteiger partial charge on any atom is 0.0263 e. The second kappa shape index (κ2) is 3.97. The molecule has 0 N–H and O–H groups in total. The van der Waals surface area contributed by atoms with Crippen molar-refractivity contribution in [2.75, 3.05) is 33.2 Å². The molecule has 2 unspecified atom stereocenters. The van der Waals surface area contributed by atoms with Gasteiger partial charge in [0.1, 0.15) is 0 Å². The van der Waals surface area contributed by atoms with E-state index < -0.39 is 0 Å². The van der Waals surface area contributed by atoms with Crippen molar-refractivity contribution in [1.82, 2.24) is 9.80 Å². The van der Waals surface area contributed by atoms with Gasteiger partial charge in [0.05, 0.1) is 0 Å². The molecule has 0 saturated carbocycles. The van der Waals surface area contributed by atoms with Crippen LogP contribution in [-0.4, -0.2) is 49.1 Å². The van der Waals surface area contributed by atoms with Gasteiger partial charge in [0.25, 0.3) is 0 Å². The molecule has 0 amide bonds. The van der Waals surface area contributed by atoms with Crippen molar-refractivity contribution in [2.45, 2.75) is 32.2 Å². The van der Waals surface area contributed by atoms with Gasteiger partial charge in [0.15, 0.2) is 0 Å². The first kappa shape index (κ1) is 9.47. The van der Waals surface area contributed by atoms with Gasteiger partial charge in [0, 0.05) is 19.1 Å². The molecule has 2 aliphatic heterocycles. The fraction of sp³-hybridized carbons (Fsp3) is 1.00. The van der Waals surface area contributed by atoms with E-state index in [0.717, 1.165) is 12.0 Å². The highest BCUT2D eigenvalue weighted by atomic mass is 15.3. The van der Waals surface area contributed by atoms with Crippen LogP contribution in [0.1, 0.15) is 26.2 Å². The van der Waals surface area contributed by atoms with Gasteiger partial charge in [-0.3, -0.25) is 4.90 Å². The molecule has 2 aliphatic rings. The average molecular weight is 182 g/mol. The summed E-state index contributed by atoms with van der Waals surface area (Å²) in [7, 11) is 2.26. The normalized spacial score (nSPS) is 35.5. The molecule has 2 atom stereocenters. The Labute approximate surface area is 81.9 Å². The van der Waals surface area contributed by atoms with Crippen LogP contribution in [-0.2, 0) is 0 Å². The summed E-state index contributed by atoms with van der Waals surface area (Å²) in [5, 5.41) is 0. The Morgan fingerprint density at radius 2 is 2.15 bits per heavy atom. The molecular formula is C11H22N2. The number of hydrogen-bond acceptors (Lipinski definition) is 2. The Balaban J connectivity index is 1.85. The van der Waals surface area contributed by atoms with Gasteiger partial charge in [0.2, 0.25) is 0 Å². The van der Waals surface area contributed by atoms with Gasteiger partial charge < -0.3 is 4.90 Å². The standard InChI is InChI=1S/C11H22N2/c1-3-4-6-13-7-5-10-8-12(2)9-11(10)13/h10-11H,3-9H2,1-2H3. The number of likely N-dealkylation sites (N-methyl/N-ethyl adjacent to an activating group) is 1.